The second-order valence-electron chi connectivity index (χ2n) is 8.73. The third kappa shape index (κ3) is 7.46. The second-order valence-corrected chi connectivity index (χ2v) is 11.0. The normalized spacial score (nSPS) is 12.3. The van der Waals surface area contributed by atoms with Crippen molar-refractivity contribution in [3.8, 4) is 0 Å². The third-order valence-electron chi connectivity index (χ3n) is 5.47. The molecule has 9 heteroatoms. The van der Waals surface area contributed by atoms with E-state index in [0.29, 0.717) is 13.0 Å². The minimum atomic E-state index is -3.82. The van der Waals surface area contributed by atoms with E-state index in [-0.39, 0.29) is 29.1 Å². The van der Waals surface area contributed by atoms with Crippen LogP contribution in [0.4, 0.5) is 5.69 Å². The molecule has 0 saturated heterocycles. The van der Waals surface area contributed by atoms with Crippen molar-refractivity contribution >= 4 is 39.1 Å². The summed E-state index contributed by atoms with van der Waals surface area (Å²) in [6, 6.07) is 13.3. The summed E-state index contributed by atoms with van der Waals surface area (Å²) in [5, 5.41) is 3.12. The highest BCUT2D eigenvalue weighted by Gasteiger charge is 2.32. The van der Waals surface area contributed by atoms with E-state index >= 15 is 0 Å². The molecule has 0 heterocycles. The molecule has 2 aromatic carbocycles. The van der Waals surface area contributed by atoms with Gasteiger partial charge in [0, 0.05) is 13.1 Å². The SMILES string of the molecule is CCC(C(=O)NCC(C)C)N(Cc1ccccc1C)C(=O)CN(c1ccccc1Cl)S(C)(=O)=O. The summed E-state index contributed by atoms with van der Waals surface area (Å²) >= 11 is 6.25. The van der Waals surface area contributed by atoms with E-state index in [9.17, 15) is 18.0 Å². The zero-order valence-corrected chi connectivity index (χ0v) is 22.0. The number of nitrogens with zero attached hydrogens (tertiary/aromatic N) is 2. The van der Waals surface area contributed by atoms with Crippen molar-refractivity contribution in [1.29, 1.82) is 0 Å². The quantitative estimate of drug-likeness (QED) is 0.498. The highest BCUT2D eigenvalue weighted by atomic mass is 35.5. The predicted octanol–water partition coefficient (Wildman–Crippen LogP) is 3.99. The van der Waals surface area contributed by atoms with Crippen LogP contribution in [0.25, 0.3) is 0 Å². The van der Waals surface area contributed by atoms with Gasteiger partial charge in [-0.15, -0.1) is 0 Å². The Labute approximate surface area is 208 Å². The molecule has 1 unspecified atom stereocenters. The molecule has 0 saturated carbocycles. The van der Waals surface area contributed by atoms with Crippen molar-refractivity contribution in [1.82, 2.24) is 10.2 Å². The Morgan fingerprint density at radius 2 is 1.68 bits per heavy atom. The Morgan fingerprint density at radius 1 is 1.06 bits per heavy atom. The first kappa shape index (κ1) is 27.7. The van der Waals surface area contributed by atoms with Crippen LogP contribution in [0.3, 0.4) is 0 Å². The van der Waals surface area contributed by atoms with Gasteiger partial charge in [0.25, 0.3) is 0 Å². The number of amides is 2. The largest absolute Gasteiger partial charge is 0.354 e. The molecule has 0 radical (unpaired) electrons. The number of hydrogen-bond donors (Lipinski definition) is 1. The molecule has 0 fully saturated rings. The fourth-order valence-electron chi connectivity index (χ4n) is 3.56. The smallest absolute Gasteiger partial charge is 0.244 e. The second kappa shape index (κ2) is 12.2. The topological polar surface area (TPSA) is 86.8 Å². The average Bonchev–Trinajstić information content (AvgIpc) is 2.76. The highest BCUT2D eigenvalue weighted by molar-refractivity contribution is 7.92. The molecule has 0 bridgehead atoms. The number of aryl methyl sites for hydroxylation is 1. The van der Waals surface area contributed by atoms with Crippen molar-refractivity contribution in [2.24, 2.45) is 5.92 Å². The Kier molecular flexibility index (Phi) is 9.94. The average molecular weight is 508 g/mol. The lowest BCUT2D eigenvalue weighted by Gasteiger charge is -2.33. The maximum atomic E-state index is 13.6. The van der Waals surface area contributed by atoms with Gasteiger partial charge < -0.3 is 10.2 Å². The molecule has 0 aliphatic carbocycles. The lowest BCUT2D eigenvalue weighted by molar-refractivity contribution is -0.140. The fourth-order valence-corrected chi connectivity index (χ4v) is 4.71. The van der Waals surface area contributed by atoms with Gasteiger partial charge in [0.1, 0.15) is 12.6 Å². The minimum absolute atomic E-state index is 0.180. The first-order valence-electron chi connectivity index (χ1n) is 11.3. The van der Waals surface area contributed by atoms with Crippen LogP contribution in [-0.4, -0.2) is 50.5 Å². The highest BCUT2D eigenvalue weighted by Crippen LogP contribution is 2.27. The monoisotopic (exact) mass is 507 g/mol. The summed E-state index contributed by atoms with van der Waals surface area (Å²) in [5.41, 5.74) is 2.08. The molecule has 2 rings (SSSR count). The van der Waals surface area contributed by atoms with Crippen molar-refractivity contribution in [3.05, 3.63) is 64.7 Å². The van der Waals surface area contributed by atoms with Gasteiger partial charge in [-0.3, -0.25) is 13.9 Å². The Balaban J connectivity index is 2.45. The van der Waals surface area contributed by atoms with E-state index in [4.69, 9.17) is 11.6 Å². The Bertz CT molecular complexity index is 1100. The lowest BCUT2D eigenvalue weighted by Crippen LogP contribution is -2.52. The molecule has 0 spiro atoms. The van der Waals surface area contributed by atoms with Crippen LogP contribution < -0.4 is 9.62 Å². The van der Waals surface area contributed by atoms with Gasteiger partial charge in [0.05, 0.1) is 17.0 Å². The molecule has 7 nitrogen and oxygen atoms in total. The maximum Gasteiger partial charge on any atom is 0.244 e. The molecular weight excluding hydrogens is 474 g/mol. The Hall–Kier alpha value is -2.58. The molecular formula is C25H34ClN3O4S. The summed E-state index contributed by atoms with van der Waals surface area (Å²) in [6.07, 6.45) is 1.41. The predicted molar refractivity (Wildman–Crippen MR) is 137 cm³/mol. The van der Waals surface area contributed by atoms with Crippen LogP contribution in [0.5, 0.6) is 0 Å². The van der Waals surface area contributed by atoms with Gasteiger partial charge >= 0.3 is 0 Å². The van der Waals surface area contributed by atoms with Gasteiger partial charge in [-0.25, -0.2) is 8.42 Å². The first-order valence-corrected chi connectivity index (χ1v) is 13.5. The molecule has 2 aromatic rings. The van der Waals surface area contributed by atoms with Crippen LogP contribution in [0.1, 0.15) is 38.3 Å². The number of carbonyl (C=O) groups is 2. The number of carbonyl (C=O) groups excluding carboxylic acids is 2. The molecule has 2 amide bonds. The molecule has 1 N–H and O–H groups in total. The Morgan fingerprint density at radius 3 is 2.24 bits per heavy atom. The van der Waals surface area contributed by atoms with Crippen molar-refractivity contribution in [3.63, 3.8) is 0 Å². The van der Waals surface area contributed by atoms with Gasteiger partial charge in [-0.2, -0.15) is 0 Å². The fraction of sp³-hybridized carbons (Fsp3) is 0.440. The van der Waals surface area contributed by atoms with E-state index in [0.717, 1.165) is 21.7 Å². The van der Waals surface area contributed by atoms with Crippen LogP contribution in [0, 0.1) is 12.8 Å². The van der Waals surface area contributed by atoms with Gasteiger partial charge in [0.2, 0.25) is 21.8 Å². The first-order chi connectivity index (χ1) is 16.0. The van der Waals surface area contributed by atoms with E-state index < -0.39 is 28.5 Å². The molecule has 186 valence electrons. The maximum absolute atomic E-state index is 13.6. The van der Waals surface area contributed by atoms with E-state index in [1.165, 1.54) is 4.90 Å². The van der Waals surface area contributed by atoms with Crippen LogP contribution in [0.15, 0.2) is 48.5 Å². The summed E-state index contributed by atoms with van der Waals surface area (Å²) in [4.78, 5) is 28.2. The van der Waals surface area contributed by atoms with Crippen molar-refractivity contribution in [2.45, 2.75) is 46.7 Å². The van der Waals surface area contributed by atoms with Crippen LogP contribution in [-0.2, 0) is 26.2 Å². The molecule has 1 atom stereocenters. The third-order valence-corrected chi connectivity index (χ3v) is 6.92. The zero-order chi connectivity index (χ0) is 25.5. The van der Waals surface area contributed by atoms with Gasteiger partial charge in [-0.1, -0.05) is 68.8 Å². The van der Waals surface area contributed by atoms with Crippen LogP contribution in [0.2, 0.25) is 5.02 Å². The minimum Gasteiger partial charge on any atom is -0.354 e. The summed E-state index contributed by atoms with van der Waals surface area (Å²) < 4.78 is 26.2. The lowest BCUT2D eigenvalue weighted by atomic mass is 10.1. The number of benzene rings is 2. The number of hydrogen-bond acceptors (Lipinski definition) is 4. The van der Waals surface area contributed by atoms with E-state index in [1.54, 1.807) is 24.3 Å². The molecule has 0 aliphatic heterocycles. The number of sulfonamides is 1. The summed E-state index contributed by atoms with van der Waals surface area (Å²) in [5.74, 6) is -0.496. The van der Waals surface area contributed by atoms with Gasteiger partial charge in [0.15, 0.2) is 0 Å². The van der Waals surface area contributed by atoms with E-state index in [1.807, 2.05) is 52.0 Å². The van der Waals surface area contributed by atoms with Crippen molar-refractivity contribution < 1.29 is 18.0 Å². The number of nitrogens with one attached hydrogen (secondary N) is 1. The van der Waals surface area contributed by atoms with Crippen molar-refractivity contribution in [2.75, 3.05) is 23.7 Å². The molecule has 34 heavy (non-hydrogen) atoms. The number of halogens is 1. The van der Waals surface area contributed by atoms with Gasteiger partial charge in [-0.05, 0) is 42.5 Å². The van der Waals surface area contributed by atoms with Crippen LogP contribution >= 0.6 is 11.6 Å². The standard InChI is InChI=1S/C25H34ClN3O4S/c1-6-22(25(31)27-15-18(2)3)28(16-20-12-8-7-11-19(20)4)24(30)17-29(34(5,32)33)23-14-10-9-13-21(23)26/h7-14,18,22H,6,15-17H2,1-5H3,(H,27,31). The summed E-state index contributed by atoms with van der Waals surface area (Å²) in [6.45, 7) is 7.94. The zero-order valence-electron chi connectivity index (χ0n) is 20.4. The molecule has 0 aliphatic rings. The van der Waals surface area contributed by atoms with E-state index in [2.05, 4.69) is 5.32 Å². The number of anilines is 1. The number of para-hydroxylation sites is 1. The summed E-state index contributed by atoms with van der Waals surface area (Å²) in [7, 11) is -3.82. The molecule has 0 aromatic heterocycles. The number of rotatable bonds is 11.